The van der Waals surface area contributed by atoms with Gasteiger partial charge in [0.05, 0.1) is 24.4 Å². The summed E-state index contributed by atoms with van der Waals surface area (Å²) in [4.78, 5) is 0. The van der Waals surface area contributed by atoms with Crippen molar-refractivity contribution in [2.75, 3.05) is 0 Å². The Bertz CT molecular complexity index is 421. The molecule has 0 aromatic carbocycles. The highest BCUT2D eigenvalue weighted by Crippen LogP contribution is 2.38. The van der Waals surface area contributed by atoms with Gasteiger partial charge < -0.3 is 18.9 Å². The number of hydrogen-bond donors (Lipinski definition) is 0. The predicted molar refractivity (Wildman–Crippen MR) is 110 cm³/mol. The zero-order chi connectivity index (χ0) is 19.9. The highest BCUT2D eigenvalue weighted by Gasteiger charge is 2.47. The molecule has 0 bridgehead atoms. The predicted octanol–water partition coefficient (Wildman–Crippen LogP) is 6.36. The number of rotatable bonds is 12. The van der Waals surface area contributed by atoms with Gasteiger partial charge in [-0.3, -0.25) is 0 Å². The molecule has 2 fully saturated rings. The van der Waals surface area contributed by atoms with Crippen molar-refractivity contribution < 1.29 is 18.9 Å². The fourth-order valence-electron chi connectivity index (χ4n) is 4.48. The van der Waals surface area contributed by atoms with Crippen LogP contribution >= 0.6 is 0 Å². The second kappa shape index (κ2) is 10.6. The van der Waals surface area contributed by atoms with E-state index in [0.29, 0.717) is 0 Å². The quantitative estimate of drug-likeness (QED) is 0.367. The third-order valence-electron chi connectivity index (χ3n) is 5.72. The Balaban J connectivity index is 1.90. The molecule has 0 saturated carbocycles. The third-order valence-corrected chi connectivity index (χ3v) is 5.72. The molecule has 2 aliphatic heterocycles. The molecule has 4 heteroatoms. The Hall–Kier alpha value is -0.160. The van der Waals surface area contributed by atoms with Gasteiger partial charge in [0.25, 0.3) is 0 Å². The first kappa shape index (κ1) is 23.1. The molecule has 4 unspecified atom stereocenters. The summed E-state index contributed by atoms with van der Waals surface area (Å²) in [7, 11) is 0. The zero-order valence-corrected chi connectivity index (χ0v) is 18.7. The molecule has 0 aromatic heterocycles. The van der Waals surface area contributed by atoms with E-state index in [9.17, 15) is 0 Å². The van der Waals surface area contributed by atoms with Crippen LogP contribution in [0.4, 0.5) is 0 Å². The average molecular weight is 385 g/mol. The van der Waals surface area contributed by atoms with Gasteiger partial charge in [0.15, 0.2) is 11.6 Å². The molecule has 2 heterocycles. The lowest BCUT2D eigenvalue weighted by atomic mass is 9.96. The lowest BCUT2D eigenvalue weighted by Gasteiger charge is -2.23. The van der Waals surface area contributed by atoms with Crippen LogP contribution in [0.3, 0.4) is 0 Å². The number of hydrogen-bond acceptors (Lipinski definition) is 4. The smallest absolute Gasteiger partial charge is 0.163 e. The second-order valence-corrected chi connectivity index (χ2v) is 9.36. The first-order valence-electron chi connectivity index (χ1n) is 11.5. The van der Waals surface area contributed by atoms with Crippen LogP contribution in [-0.2, 0) is 18.9 Å². The highest BCUT2D eigenvalue weighted by molar-refractivity contribution is 4.89. The molecule has 160 valence electrons. The zero-order valence-electron chi connectivity index (χ0n) is 18.7. The van der Waals surface area contributed by atoms with E-state index in [1.807, 2.05) is 27.7 Å². The molecule has 27 heavy (non-hydrogen) atoms. The van der Waals surface area contributed by atoms with Crippen LogP contribution in [0.25, 0.3) is 0 Å². The van der Waals surface area contributed by atoms with Gasteiger partial charge in [-0.05, 0) is 40.5 Å². The molecule has 4 nitrogen and oxygen atoms in total. The van der Waals surface area contributed by atoms with E-state index in [2.05, 4.69) is 13.8 Å². The van der Waals surface area contributed by atoms with Gasteiger partial charge in [0.2, 0.25) is 0 Å². The molecule has 0 N–H and O–H groups in total. The number of ether oxygens (including phenoxy) is 4. The van der Waals surface area contributed by atoms with E-state index in [1.54, 1.807) is 0 Å². The Morgan fingerprint density at radius 3 is 1.37 bits per heavy atom. The molecular formula is C23H44O4. The van der Waals surface area contributed by atoms with Gasteiger partial charge in [-0.1, -0.05) is 65.2 Å². The Labute approximate surface area is 167 Å². The van der Waals surface area contributed by atoms with Crippen LogP contribution in [0.15, 0.2) is 0 Å². The Kier molecular flexibility index (Phi) is 9.05. The maximum atomic E-state index is 6.29. The van der Waals surface area contributed by atoms with Crippen LogP contribution in [0, 0.1) is 0 Å². The van der Waals surface area contributed by atoms with Crippen molar-refractivity contribution >= 4 is 0 Å². The topological polar surface area (TPSA) is 36.9 Å². The summed E-state index contributed by atoms with van der Waals surface area (Å²) >= 11 is 0. The summed E-state index contributed by atoms with van der Waals surface area (Å²) in [5.41, 5.74) is 0. The standard InChI is InChI=1S/C23H44O4/c1-7-9-11-12-14-16-19-21(27-23(5,6)25-19)17-20-18(15-13-10-8-2)24-22(3,4)26-20/h18-21H,7-17H2,1-6H3. The first-order chi connectivity index (χ1) is 12.8. The van der Waals surface area contributed by atoms with Gasteiger partial charge in [0.1, 0.15) is 0 Å². The fourth-order valence-corrected chi connectivity index (χ4v) is 4.48. The normalized spacial score (nSPS) is 32.2. The first-order valence-corrected chi connectivity index (χ1v) is 11.5. The van der Waals surface area contributed by atoms with E-state index < -0.39 is 11.6 Å². The SMILES string of the molecule is CCCCCCCC1OC(C)(C)OC1CC1OC(C)(C)OC1CCCCC. The van der Waals surface area contributed by atoms with Gasteiger partial charge in [-0.2, -0.15) is 0 Å². The minimum Gasteiger partial charge on any atom is -0.345 e. The second-order valence-electron chi connectivity index (χ2n) is 9.36. The molecule has 2 saturated heterocycles. The van der Waals surface area contributed by atoms with Gasteiger partial charge in [-0.25, -0.2) is 0 Å². The third kappa shape index (κ3) is 7.64. The Morgan fingerprint density at radius 1 is 0.519 bits per heavy atom. The van der Waals surface area contributed by atoms with Gasteiger partial charge in [-0.15, -0.1) is 0 Å². The molecule has 0 aliphatic carbocycles. The highest BCUT2D eigenvalue weighted by atomic mass is 16.8. The van der Waals surface area contributed by atoms with Crippen molar-refractivity contribution in [3.63, 3.8) is 0 Å². The average Bonchev–Trinajstić information content (AvgIpc) is 3.02. The van der Waals surface area contributed by atoms with Gasteiger partial charge in [0, 0.05) is 6.42 Å². The lowest BCUT2D eigenvalue weighted by Crippen LogP contribution is -2.33. The lowest BCUT2D eigenvalue weighted by molar-refractivity contribution is -0.157. The molecule has 0 spiro atoms. The van der Waals surface area contributed by atoms with Crippen molar-refractivity contribution in [2.45, 2.75) is 148 Å². The molecule has 2 rings (SSSR count). The fraction of sp³-hybridized carbons (Fsp3) is 1.00. The Morgan fingerprint density at radius 2 is 0.889 bits per heavy atom. The molecule has 2 aliphatic rings. The maximum absolute atomic E-state index is 6.29. The van der Waals surface area contributed by atoms with E-state index >= 15 is 0 Å². The van der Waals surface area contributed by atoms with Crippen LogP contribution in [0.2, 0.25) is 0 Å². The summed E-state index contributed by atoms with van der Waals surface area (Å²) in [5.74, 6) is -0.988. The molecule has 4 atom stereocenters. The largest absolute Gasteiger partial charge is 0.345 e. The van der Waals surface area contributed by atoms with Crippen LogP contribution in [0.1, 0.15) is 112 Å². The van der Waals surface area contributed by atoms with E-state index in [1.165, 1.54) is 51.4 Å². The van der Waals surface area contributed by atoms with E-state index in [-0.39, 0.29) is 24.4 Å². The maximum Gasteiger partial charge on any atom is 0.163 e. The van der Waals surface area contributed by atoms with Gasteiger partial charge >= 0.3 is 0 Å². The summed E-state index contributed by atoms with van der Waals surface area (Å²) in [5, 5.41) is 0. The van der Waals surface area contributed by atoms with Crippen molar-refractivity contribution in [3.05, 3.63) is 0 Å². The molecule has 0 amide bonds. The minimum atomic E-state index is -0.495. The molecule has 0 radical (unpaired) electrons. The minimum absolute atomic E-state index is 0.0990. The summed E-state index contributed by atoms with van der Waals surface area (Å²) < 4.78 is 25.0. The van der Waals surface area contributed by atoms with Crippen LogP contribution in [-0.4, -0.2) is 36.0 Å². The van der Waals surface area contributed by atoms with E-state index in [4.69, 9.17) is 18.9 Å². The summed E-state index contributed by atoms with van der Waals surface area (Å²) in [6.07, 6.45) is 13.7. The van der Waals surface area contributed by atoms with Crippen molar-refractivity contribution in [3.8, 4) is 0 Å². The monoisotopic (exact) mass is 384 g/mol. The summed E-state index contributed by atoms with van der Waals surface area (Å²) in [6.45, 7) is 12.6. The van der Waals surface area contributed by atoms with Crippen molar-refractivity contribution in [1.82, 2.24) is 0 Å². The van der Waals surface area contributed by atoms with E-state index in [0.717, 1.165) is 19.3 Å². The number of unbranched alkanes of at least 4 members (excludes halogenated alkanes) is 6. The van der Waals surface area contributed by atoms with Crippen molar-refractivity contribution in [2.24, 2.45) is 0 Å². The summed E-state index contributed by atoms with van der Waals surface area (Å²) in [6, 6.07) is 0. The van der Waals surface area contributed by atoms with Crippen LogP contribution in [0.5, 0.6) is 0 Å². The molecule has 0 aromatic rings. The van der Waals surface area contributed by atoms with Crippen molar-refractivity contribution in [1.29, 1.82) is 0 Å². The molecular weight excluding hydrogens is 340 g/mol. The van der Waals surface area contributed by atoms with Crippen LogP contribution < -0.4 is 0 Å².